The molecule has 13 heteroatoms. The zero-order chi connectivity index (χ0) is 25.0. The summed E-state index contributed by atoms with van der Waals surface area (Å²) in [4.78, 5) is 4.51. The first kappa shape index (κ1) is 23.6. The van der Waals surface area contributed by atoms with Gasteiger partial charge in [0.1, 0.15) is 29.5 Å². The fourth-order valence-electron chi connectivity index (χ4n) is 4.24. The SMILES string of the molecule is NC1=NC2(COC1)c1cc(OS(=O)(=O)C(F)(F)F)ccc1Oc1c(F)cc(C3=CCCOC3)cc12. The first-order chi connectivity index (χ1) is 16.5. The monoisotopic (exact) mass is 514 g/mol. The predicted molar refractivity (Wildman–Crippen MR) is 115 cm³/mol. The molecule has 1 atom stereocenters. The van der Waals surface area contributed by atoms with Gasteiger partial charge in [0.15, 0.2) is 11.6 Å². The third-order valence-corrected chi connectivity index (χ3v) is 6.74. The number of halogens is 4. The number of nitrogens with two attached hydrogens (primary N) is 1. The largest absolute Gasteiger partial charge is 0.534 e. The van der Waals surface area contributed by atoms with Crippen LogP contribution in [0.2, 0.25) is 0 Å². The first-order valence-corrected chi connectivity index (χ1v) is 11.8. The summed E-state index contributed by atoms with van der Waals surface area (Å²) >= 11 is 0. The van der Waals surface area contributed by atoms with Crippen LogP contribution in [0.15, 0.2) is 41.4 Å². The molecule has 186 valence electrons. The number of ether oxygens (including phenoxy) is 3. The van der Waals surface area contributed by atoms with Crippen molar-refractivity contribution in [2.24, 2.45) is 10.7 Å². The molecule has 0 fully saturated rings. The van der Waals surface area contributed by atoms with Gasteiger partial charge in [0.2, 0.25) is 0 Å². The Hall–Kier alpha value is -3.16. The first-order valence-electron chi connectivity index (χ1n) is 10.4. The summed E-state index contributed by atoms with van der Waals surface area (Å²) in [6.07, 6.45) is 2.55. The highest BCUT2D eigenvalue weighted by Gasteiger charge is 2.50. The molecule has 0 amide bonds. The number of nitrogens with zero attached hydrogens (tertiary/aromatic N) is 1. The minimum atomic E-state index is -5.93. The van der Waals surface area contributed by atoms with Gasteiger partial charge < -0.3 is 24.1 Å². The van der Waals surface area contributed by atoms with Crippen LogP contribution < -0.4 is 14.7 Å². The average Bonchev–Trinajstić information content (AvgIpc) is 2.80. The Labute approximate surface area is 197 Å². The van der Waals surface area contributed by atoms with E-state index < -0.39 is 32.7 Å². The summed E-state index contributed by atoms with van der Waals surface area (Å²) < 4.78 is 98.1. The van der Waals surface area contributed by atoms with Crippen molar-refractivity contribution >= 4 is 21.5 Å². The summed E-state index contributed by atoms with van der Waals surface area (Å²) in [6, 6.07) is 6.11. The van der Waals surface area contributed by atoms with Crippen LogP contribution in [0.5, 0.6) is 17.2 Å². The lowest BCUT2D eigenvalue weighted by Gasteiger charge is -2.39. The van der Waals surface area contributed by atoms with Gasteiger partial charge in [-0.15, -0.1) is 0 Å². The second kappa shape index (κ2) is 8.21. The Balaban J connectivity index is 1.69. The van der Waals surface area contributed by atoms with Crippen LogP contribution in [0, 0.1) is 5.82 Å². The molecule has 2 N–H and O–H groups in total. The van der Waals surface area contributed by atoms with Crippen LogP contribution >= 0.6 is 0 Å². The maximum Gasteiger partial charge on any atom is 0.534 e. The fraction of sp³-hybridized carbons (Fsp3) is 0.318. The Morgan fingerprint density at radius 3 is 2.57 bits per heavy atom. The molecule has 0 aromatic heterocycles. The standard InChI is InChI=1S/C22H18F4N2O6S/c23-17-7-13(12-2-1-5-31-9-12)6-16-20(17)33-18-4-3-14(34-35(29,30)22(24,25)26)8-15(18)21(16)11-32-10-19(27)28-21/h2-4,6-8H,1,5,9-11H2,(H2,27,28). The average molecular weight is 514 g/mol. The Morgan fingerprint density at radius 1 is 1.09 bits per heavy atom. The van der Waals surface area contributed by atoms with Gasteiger partial charge in [0.05, 0.1) is 19.8 Å². The lowest BCUT2D eigenvalue weighted by molar-refractivity contribution is -0.0500. The van der Waals surface area contributed by atoms with E-state index in [0.717, 1.165) is 17.7 Å². The number of rotatable bonds is 3. The number of fused-ring (bicyclic) bond motifs is 4. The molecule has 35 heavy (non-hydrogen) atoms. The summed E-state index contributed by atoms with van der Waals surface area (Å²) in [7, 11) is -5.93. The van der Waals surface area contributed by atoms with E-state index in [0.29, 0.717) is 18.6 Å². The number of aliphatic imine (C=N–C) groups is 1. The molecule has 2 aromatic carbocycles. The third-order valence-electron chi connectivity index (χ3n) is 5.76. The second-order valence-corrected chi connectivity index (χ2v) is 9.64. The molecule has 0 bridgehead atoms. The maximum atomic E-state index is 15.3. The van der Waals surface area contributed by atoms with Gasteiger partial charge in [0, 0.05) is 11.1 Å². The number of amidine groups is 1. The highest BCUT2D eigenvalue weighted by Crippen LogP contribution is 2.52. The molecule has 0 saturated carbocycles. The normalized spacial score (nSPS) is 21.9. The van der Waals surface area contributed by atoms with Gasteiger partial charge in [-0.1, -0.05) is 6.08 Å². The smallest absolute Gasteiger partial charge is 0.453 e. The van der Waals surface area contributed by atoms with Crippen molar-refractivity contribution in [2.75, 3.05) is 26.4 Å². The molecule has 0 aliphatic carbocycles. The van der Waals surface area contributed by atoms with Crippen molar-refractivity contribution < 1.29 is 44.4 Å². The van der Waals surface area contributed by atoms with Crippen LogP contribution in [0.3, 0.4) is 0 Å². The van der Waals surface area contributed by atoms with E-state index in [2.05, 4.69) is 9.18 Å². The number of hydrogen-bond donors (Lipinski definition) is 1. The molecule has 3 aliphatic heterocycles. The van der Waals surface area contributed by atoms with Crippen LogP contribution in [0.25, 0.3) is 5.57 Å². The summed E-state index contributed by atoms with van der Waals surface area (Å²) in [5, 5.41) is 0. The van der Waals surface area contributed by atoms with Crippen LogP contribution in [0.4, 0.5) is 17.6 Å². The quantitative estimate of drug-likeness (QED) is 0.379. The van der Waals surface area contributed by atoms with Crippen molar-refractivity contribution in [3.05, 3.63) is 58.9 Å². The molecule has 3 heterocycles. The van der Waals surface area contributed by atoms with Gasteiger partial charge in [0.25, 0.3) is 0 Å². The number of alkyl halides is 3. The molecule has 8 nitrogen and oxygen atoms in total. The Bertz CT molecular complexity index is 1370. The van der Waals surface area contributed by atoms with Gasteiger partial charge in [-0.3, -0.25) is 4.99 Å². The topological polar surface area (TPSA) is 109 Å². The molecule has 5 rings (SSSR count). The van der Waals surface area contributed by atoms with Crippen molar-refractivity contribution in [1.29, 1.82) is 0 Å². The molecule has 2 aromatic rings. The third kappa shape index (κ3) is 4.02. The van der Waals surface area contributed by atoms with E-state index in [1.165, 1.54) is 12.1 Å². The van der Waals surface area contributed by atoms with Gasteiger partial charge in [-0.2, -0.15) is 21.6 Å². The van der Waals surface area contributed by atoms with Gasteiger partial charge >= 0.3 is 15.6 Å². The van der Waals surface area contributed by atoms with E-state index in [1.807, 2.05) is 6.08 Å². The summed E-state index contributed by atoms with van der Waals surface area (Å²) in [6.45, 7) is 0.617. The Morgan fingerprint density at radius 2 is 1.89 bits per heavy atom. The predicted octanol–water partition coefficient (Wildman–Crippen LogP) is 3.59. The molecule has 0 saturated heterocycles. The van der Waals surface area contributed by atoms with Crippen LogP contribution in [-0.2, 0) is 25.1 Å². The lowest BCUT2D eigenvalue weighted by Crippen LogP contribution is -2.42. The highest BCUT2D eigenvalue weighted by molar-refractivity contribution is 7.88. The fourth-order valence-corrected chi connectivity index (χ4v) is 4.69. The molecule has 1 unspecified atom stereocenters. The van der Waals surface area contributed by atoms with E-state index >= 15 is 4.39 Å². The van der Waals surface area contributed by atoms with Gasteiger partial charge in [-0.25, -0.2) is 4.39 Å². The number of hydrogen-bond acceptors (Lipinski definition) is 8. The zero-order valence-corrected chi connectivity index (χ0v) is 18.7. The van der Waals surface area contributed by atoms with Crippen molar-refractivity contribution in [3.8, 4) is 17.2 Å². The van der Waals surface area contributed by atoms with Gasteiger partial charge in [-0.05, 0) is 47.9 Å². The van der Waals surface area contributed by atoms with E-state index in [4.69, 9.17) is 19.9 Å². The highest BCUT2D eigenvalue weighted by atomic mass is 32.2. The Kier molecular flexibility index (Phi) is 5.53. The van der Waals surface area contributed by atoms with E-state index in [-0.39, 0.29) is 48.3 Å². The second-order valence-electron chi connectivity index (χ2n) is 8.10. The van der Waals surface area contributed by atoms with Crippen molar-refractivity contribution in [3.63, 3.8) is 0 Å². The van der Waals surface area contributed by atoms with Crippen LogP contribution in [0.1, 0.15) is 23.1 Å². The summed E-state index contributed by atoms with van der Waals surface area (Å²) in [5.41, 5.74) is 0.348. The molecular formula is C22H18F4N2O6S. The zero-order valence-electron chi connectivity index (χ0n) is 17.9. The molecule has 0 radical (unpaired) electrons. The van der Waals surface area contributed by atoms with Crippen molar-refractivity contribution in [1.82, 2.24) is 0 Å². The molecule has 1 spiro atoms. The lowest BCUT2D eigenvalue weighted by atomic mass is 9.79. The van der Waals surface area contributed by atoms with Crippen molar-refractivity contribution in [2.45, 2.75) is 17.5 Å². The number of benzene rings is 2. The molecule has 3 aliphatic rings. The van der Waals surface area contributed by atoms with E-state index in [9.17, 15) is 21.6 Å². The van der Waals surface area contributed by atoms with E-state index in [1.54, 1.807) is 6.07 Å². The summed E-state index contributed by atoms with van der Waals surface area (Å²) in [5.74, 6) is -1.41. The minimum absolute atomic E-state index is 0.0208. The molecular weight excluding hydrogens is 496 g/mol. The minimum Gasteiger partial charge on any atom is -0.453 e. The maximum absolute atomic E-state index is 15.3. The van der Waals surface area contributed by atoms with Crippen LogP contribution in [-0.4, -0.2) is 46.2 Å².